The lowest BCUT2D eigenvalue weighted by atomic mass is 10.1. The Bertz CT molecular complexity index is 246. The van der Waals surface area contributed by atoms with Gasteiger partial charge in [-0.05, 0) is 26.6 Å². The Hall–Kier alpha value is -0.860. The number of likely N-dealkylation sites (N-methyl/N-ethyl adjacent to an activating group) is 2. The number of benzene rings is 1. The molecule has 0 amide bonds. The molecule has 1 unspecified atom stereocenters. The molecule has 2 heteroatoms. The number of hydrogen-bond donors (Lipinski definition) is 1. The second-order valence-corrected chi connectivity index (χ2v) is 3.67. The largest absolute Gasteiger partial charge is 0.318 e. The third-order valence-electron chi connectivity index (χ3n) is 2.66. The lowest BCUT2D eigenvalue weighted by Gasteiger charge is -2.24. The van der Waals surface area contributed by atoms with Crippen molar-refractivity contribution in [2.24, 2.45) is 0 Å². The minimum atomic E-state index is 0.490. The van der Waals surface area contributed by atoms with E-state index in [1.54, 1.807) is 0 Å². The van der Waals surface area contributed by atoms with E-state index >= 15 is 0 Å². The fourth-order valence-corrected chi connectivity index (χ4v) is 1.47. The summed E-state index contributed by atoms with van der Waals surface area (Å²) in [6, 6.07) is 11.1. The van der Waals surface area contributed by atoms with Crippen molar-refractivity contribution in [1.82, 2.24) is 10.2 Å². The molecule has 0 radical (unpaired) electrons. The Morgan fingerprint density at radius 2 is 1.93 bits per heavy atom. The van der Waals surface area contributed by atoms with Gasteiger partial charge in [0.25, 0.3) is 0 Å². The van der Waals surface area contributed by atoms with Crippen LogP contribution in [0.5, 0.6) is 0 Å². The average Bonchev–Trinajstić information content (AvgIpc) is 2.26. The second-order valence-electron chi connectivity index (χ2n) is 3.67. The van der Waals surface area contributed by atoms with Crippen molar-refractivity contribution >= 4 is 0 Å². The second kappa shape index (κ2) is 5.78. The highest BCUT2D eigenvalue weighted by atomic mass is 15.1. The van der Waals surface area contributed by atoms with Crippen molar-refractivity contribution in [2.75, 3.05) is 27.2 Å². The summed E-state index contributed by atoms with van der Waals surface area (Å²) in [6.07, 6.45) is 0. The summed E-state index contributed by atoms with van der Waals surface area (Å²) in [7, 11) is 4.15. The fourth-order valence-electron chi connectivity index (χ4n) is 1.47. The summed E-state index contributed by atoms with van der Waals surface area (Å²) < 4.78 is 0. The molecule has 0 bridgehead atoms. The van der Waals surface area contributed by atoms with Gasteiger partial charge in [0.05, 0.1) is 0 Å². The molecule has 1 aromatic rings. The molecular weight excluding hydrogens is 172 g/mol. The van der Waals surface area contributed by atoms with Gasteiger partial charge in [-0.25, -0.2) is 0 Å². The average molecular weight is 192 g/mol. The molecule has 0 aromatic heterocycles. The zero-order valence-corrected chi connectivity index (χ0v) is 9.33. The molecule has 1 atom stereocenters. The van der Waals surface area contributed by atoms with Crippen LogP contribution in [0.1, 0.15) is 18.5 Å². The predicted molar refractivity (Wildman–Crippen MR) is 61.4 cm³/mol. The maximum absolute atomic E-state index is 3.16. The molecule has 14 heavy (non-hydrogen) atoms. The van der Waals surface area contributed by atoms with Crippen LogP contribution in [-0.2, 0) is 0 Å². The van der Waals surface area contributed by atoms with E-state index in [0.29, 0.717) is 6.04 Å². The molecule has 2 nitrogen and oxygen atoms in total. The Balaban J connectivity index is 2.52. The molecule has 0 saturated heterocycles. The van der Waals surface area contributed by atoms with Crippen LogP contribution >= 0.6 is 0 Å². The number of nitrogens with zero attached hydrogens (tertiary/aromatic N) is 1. The van der Waals surface area contributed by atoms with Crippen molar-refractivity contribution < 1.29 is 0 Å². The Morgan fingerprint density at radius 1 is 1.29 bits per heavy atom. The molecule has 0 spiro atoms. The van der Waals surface area contributed by atoms with Gasteiger partial charge in [-0.2, -0.15) is 0 Å². The zero-order chi connectivity index (χ0) is 10.4. The lowest BCUT2D eigenvalue weighted by Crippen LogP contribution is -2.29. The smallest absolute Gasteiger partial charge is 0.0317 e. The number of hydrogen-bond acceptors (Lipinski definition) is 2. The predicted octanol–water partition coefficient (Wildman–Crippen LogP) is 1.90. The van der Waals surface area contributed by atoms with Gasteiger partial charge in [0.15, 0.2) is 0 Å². The van der Waals surface area contributed by atoms with Crippen molar-refractivity contribution in [1.29, 1.82) is 0 Å². The molecule has 1 rings (SSSR count). The van der Waals surface area contributed by atoms with Crippen LogP contribution in [0.4, 0.5) is 0 Å². The van der Waals surface area contributed by atoms with E-state index in [9.17, 15) is 0 Å². The summed E-state index contributed by atoms with van der Waals surface area (Å²) in [5, 5.41) is 3.16. The van der Waals surface area contributed by atoms with Gasteiger partial charge < -0.3 is 5.32 Å². The third-order valence-corrected chi connectivity index (χ3v) is 2.66. The SMILES string of the molecule is CNCCN(C)C(C)c1ccccc1. The van der Waals surface area contributed by atoms with Gasteiger partial charge in [0.2, 0.25) is 0 Å². The van der Waals surface area contributed by atoms with E-state index in [2.05, 4.69) is 54.5 Å². The molecule has 1 N–H and O–H groups in total. The van der Waals surface area contributed by atoms with E-state index in [1.165, 1.54) is 5.56 Å². The standard InChI is InChI=1S/C12H20N2/c1-11(14(3)10-9-13-2)12-7-5-4-6-8-12/h4-8,11,13H,9-10H2,1-3H3. The zero-order valence-electron chi connectivity index (χ0n) is 9.33. The minimum absolute atomic E-state index is 0.490. The first-order valence-corrected chi connectivity index (χ1v) is 5.15. The van der Waals surface area contributed by atoms with Crippen LogP contribution in [0.15, 0.2) is 30.3 Å². The first-order valence-electron chi connectivity index (χ1n) is 5.15. The molecule has 0 saturated carbocycles. The maximum atomic E-state index is 3.16. The quantitative estimate of drug-likeness (QED) is 0.766. The highest BCUT2D eigenvalue weighted by Gasteiger charge is 2.09. The highest BCUT2D eigenvalue weighted by molar-refractivity contribution is 5.18. The minimum Gasteiger partial charge on any atom is -0.318 e. The molecule has 78 valence electrons. The normalized spacial score (nSPS) is 13.1. The van der Waals surface area contributed by atoms with Crippen molar-refractivity contribution in [2.45, 2.75) is 13.0 Å². The Morgan fingerprint density at radius 3 is 2.50 bits per heavy atom. The summed E-state index contributed by atoms with van der Waals surface area (Å²) >= 11 is 0. The van der Waals surface area contributed by atoms with Gasteiger partial charge in [0, 0.05) is 19.1 Å². The fraction of sp³-hybridized carbons (Fsp3) is 0.500. The van der Waals surface area contributed by atoms with E-state index in [0.717, 1.165) is 13.1 Å². The number of rotatable bonds is 5. The molecule has 0 aliphatic carbocycles. The van der Waals surface area contributed by atoms with Crippen LogP contribution in [0.3, 0.4) is 0 Å². The summed E-state index contributed by atoms with van der Waals surface area (Å²) in [5.41, 5.74) is 1.38. The molecular formula is C12H20N2. The first kappa shape index (κ1) is 11.2. The van der Waals surface area contributed by atoms with Crippen molar-refractivity contribution in [3.8, 4) is 0 Å². The molecule has 0 aliphatic rings. The monoisotopic (exact) mass is 192 g/mol. The lowest BCUT2D eigenvalue weighted by molar-refractivity contribution is 0.263. The molecule has 0 heterocycles. The molecule has 0 fully saturated rings. The van der Waals surface area contributed by atoms with Crippen molar-refractivity contribution in [3.05, 3.63) is 35.9 Å². The Labute approximate surface area is 86.9 Å². The van der Waals surface area contributed by atoms with E-state index in [4.69, 9.17) is 0 Å². The third kappa shape index (κ3) is 3.13. The summed E-state index contributed by atoms with van der Waals surface area (Å²) in [5.74, 6) is 0. The van der Waals surface area contributed by atoms with Gasteiger partial charge in [-0.1, -0.05) is 30.3 Å². The van der Waals surface area contributed by atoms with Crippen LogP contribution in [0.25, 0.3) is 0 Å². The molecule has 0 aliphatic heterocycles. The number of nitrogens with one attached hydrogen (secondary N) is 1. The van der Waals surface area contributed by atoms with Gasteiger partial charge in [0.1, 0.15) is 0 Å². The van der Waals surface area contributed by atoms with Gasteiger partial charge >= 0.3 is 0 Å². The van der Waals surface area contributed by atoms with Crippen molar-refractivity contribution in [3.63, 3.8) is 0 Å². The van der Waals surface area contributed by atoms with Crippen LogP contribution in [0.2, 0.25) is 0 Å². The molecule has 1 aromatic carbocycles. The van der Waals surface area contributed by atoms with Gasteiger partial charge in [-0.15, -0.1) is 0 Å². The topological polar surface area (TPSA) is 15.3 Å². The summed E-state index contributed by atoms with van der Waals surface area (Å²) in [6.45, 7) is 4.35. The maximum Gasteiger partial charge on any atom is 0.0317 e. The van der Waals surface area contributed by atoms with Crippen LogP contribution in [0, 0.1) is 0 Å². The Kier molecular flexibility index (Phi) is 4.63. The van der Waals surface area contributed by atoms with Crippen LogP contribution < -0.4 is 5.32 Å². The van der Waals surface area contributed by atoms with Crippen LogP contribution in [-0.4, -0.2) is 32.1 Å². The highest BCUT2D eigenvalue weighted by Crippen LogP contribution is 2.17. The summed E-state index contributed by atoms with van der Waals surface area (Å²) in [4.78, 5) is 2.35. The van der Waals surface area contributed by atoms with E-state index in [1.807, 2.05) is 7.05 Å². The van der Waals surface area contributed by atoms with E-state index in [-0.39, 0.29) is 0 Å². The first-order chi connectivity index (χ1) is 6.75. The van der Waals surface area contributed by atoms with Gasteiger partial charge in [-0.3, -0.25) is 4.90 Å². The van der Waals surface area contributed by atoms with E-state index < -0.39 is 0 Å².